The molecule has 1 heterocycles. The van der Waals surface area contributed by atoms with Crippen molar-refractivity contribution in [3.63, 3.8) is 0 Å². The monoisotopic (exact) mass is 422 g/mol. The van der Waals surface area contributed by atoms with E-state index in [1.807, 2.05) is 0 Å². The van der Waals surface area contributed by atoms with E-state index in [0.717, 1.165) is 18.0 Å². The van der Waals surface area contributed by atoms with Crippen molar-refractivity contribution in [1.82, 2.24) is 14.5 Å². The fourth-order valence-electron chi connectivity index (χ4n) is 2.27. The molecule has 1 aromatic carbocycles. The number of urea groups is 1. The highest BCUT2D eigenvalue weighted by Crippen LogP contribution is 2.33. The van der Waals surface area contributed by atoms with Gasteiger partial charge in [-0.2, -0.15) is 13.2 Å². The molecule has 0 radical (unpaired) electrons. The van der Waals surface area contributed by atoms with E-state index >= 15 is 0 Å². The Morgan fingerprint density at radius 1 is 1.18 bits per heavy atom. The SMILES string of the molecule is CC(C)NC(=O)C(=O)N1CCN(C(=O)Nc2ccc(F)c(C(F)(F)F)c2)SC1. The third kappa shape index (κ3) is 5.50. The second-order valence-electron chi connectivity index (χ2n) is 6.18. The van der Waals surface area contributed by atoms with Crippen LogP contribution in [-0.4, -0.2) is 52.1 Å². The van der Waals surface area contributed by atoms with Gasteiger partial charge in [0.2, 0.25) is 0 Å². The van der Waals surface area contributed by atoms with Crippen LogP contribution < -0.4 is 10.6 Å². The van der Waals surface area contributed by atoms with E-state index in [2.05, 4.69) is 10.6 Å². The second-order valence-corrected chi connectivity index (χ2v) is 7.14. The van der Waals surface area contributed by atoms with Gasteiger partial charge in [-0.05, 0) is 44.0 Å². The number of nitrogens with one attached hydrogen (secondary N) is 2. The van der Waals surface area contributed by atoms with Gasteiger partial charge in [-0.3, -0.25) is 13.9 Å². The number of benzene rings is 1. The van der Waals surface area contributed by atoms with Gasteiger partial charge in [0.15, 0.2) is 0 Å². The molecule has 1 aromatic rings. The molecule has 0 aliphatic carbocycles. The number of rotatable bonds is 2. The van der Waals surface area contributed by atoms with Crippen LogP contribution in [0.5, 0.6) is 0 Å². The molecule has 1 aliphatic rings. The highest BCUT2D eigenvalue weighted by Gasteiger charge is 2.34. The maximum absolute atomic E-state index is 13.3. The first-order valence-electron chi connectivity index (χ1n) is 8.17. The van der Waals surface area contributed by atoms with Crippen LogP contribution >= 0.6 is 11.9 Å². The molecular weight excluding hydrogens is 404 g/mol. The minimum atomic E-state index is -4.89. The average Bonchev–Trinajstić information content (AvgIpc) is 2.61. The molecule has 0 spiro atoms. The van der Waals surface area contributed by atoms with Crippen molar-refractivity contribution in [3.05, 3.63) is 29.6 Å². The van der Waals surface area contributed by atoms with Crippen molar-refractivity contribution in [3.8, 4) is 0 Å². The summed E-state index contributed by atoms with van der Waals surface area (Å²) in [6.45, 7) is 3.57. The van der Waals surface area contributed by atoms with E-state index in [-0.39, 0.29) is 30.7 Å². The van der Waals surface area contributed by atoms with Crippen molar-refractivity contribution in [1.29, 1.82) is 0 Å². The predicted octanol–water partition coefficient (Wildman–Crippen LogP) is 2.65. The Balaban J connectivity index is 1.94. The molecule has 4 amide bonds. The Labute approximate surface area is 162 Å². The number of halogens is 4. The van der Waals surface area contributed by atoms with Gasteiger partial charge in [-0.15, -0.1) is 0 Å². The number of amides is 4. The Hall–Kier alpha value is -2.50. The van der Waals surface area contributed by atoms with E-state index in [4.69, 9.17) is 0 Å². The molecule has 1 saturated heterocycles. The molecule has 12 heteroatoms. The van der Waals surface area contributed by atoms with Crippen molar-refractivity contribution in [2.24, 2.45) is 0 Å². The van der Waals surface area contributed by atoms with Gasteiger partial charge in [0.25, 0.3) is 0 Å². The zero-order chi connectivity index (χ0) is 21.1. The third-order valence-electron chi connectivity index (χ3n) is 3.59. The first-order valence-corrected chi connectivity index (χ1v) is 9.11. The Kier molecular flexibility index (Phi) is 6.75. The van der Waals surface area contributed by atoms with Gasteiger partial charge in [0.1, 0.15) is 5.82 Å². The van der Waals surface area contributed by atoms with Crippen LogP contribution in [0.1, 0.15) is 19.4 Å². The first-order chi connectivity index (χ1) is 13.0. The summed E-state index contributed by atoms with van der Waals surface area (Å²) in [7, 11) is 0. The van der Waals surface area contributed by atoms with Gasteiger partial charge in [-0.25, -0.2) is 9.18 Å². The van der Waals surface area contributed by atoms with E-state index in [1.54, 1.807) is 13.8 Å². The molecule has 2 N–H and O–H groups in total. The molecule has 154 valence electrons. The number of carbonyl (C=O) groups excluding carboxylic acids is 3. The summed E-state index contributed by atoms with van der Waals surface area (Å²) in [5.41, 5.74) is -1.70. The number of hydrogen-bond donors (Lipinski definition) is 2. The Morgan fingerprint density at radius 3 is 2.39 bits per heavy atom. The van der Waals surface area contributed by atoms with Gasteiger partial charge in [-0.1, -0.05) is 0 Å². The fraction of sp³-hybridized carbons (Fsp3) is 0.438. The molecule has 7 nitrogen and oxygen atoms in total. The van der Waals surface area contributed by atoms with Gasteiger partial charge >= 0.3 is 24.0 Å². The van der Waals surface area contributed by atoms with Crippen LogP contribution in [0.25, 0.3) is 0 Å². The topological polar surface area (TPSA) is 81.8 Å². The van der Waals surface area contributed by atoms with Crippen LogP contribution in [0.3, 0.4) is 0 Å². The molecule has 1 fully saturated rings. The summed E-state index contributed by atoms with van der Waals surface area (Å²) in [5.74, 6) is -2.89. The van der Waals surface area contributed by atoms with E-state index < -0.39 is 35.4 Å². The van der Waals surface area contributed by atoms with Crippen LogP contribution in [0, 0.1) is 5.82 Å². The third-order valence-corrected chi connectivity index (χ3v) is 4.68. The maximum atomic E-state index is 13.3. The van der Waals surface area contributed by atoms with Crippen molar-refractivity contribution >= 4 is 35.5 Å². The maximum Gasteiger partial charge on any atom is 0.419 e. The number of nitrogens with zero attached hydrogens (tertiary/aromatic N) is 2. The molecule has 2 rings (SSSR count). The zero-order valence-corrected chi connectivity index (χ0v) is 15.8. The highest BCUT2D eigenvalue weighted by atomic mass is 32.2. The lowest BCUT2D eigenvalue weighted by atomic mass is 10.2. The van der Waals surface area contributed by atoms with Crippen LogP contribution in [0.4, 0.5) is 28.0 Å². The molecule has 0 saturated carbocycles. The second kappa shape index (κ2) is 8.67. The number of alkyl halides is 3. The summed E-state index contributed by atoms with van der Waals surface area (Å²) >= 11 is 0.926. The van der Waals surface area contributed by atoms with Gasteiger partial charge < -0.3 is 15.5 Å². The van der Waals surface area contributed by atoms with E-state index in [1.165, 1.54) is 9.21 Å². The number of hydrogen-bond acceptors (Lipinski definition) is 4. The average molecular weight is 422 g/mol. The number of anilines is 1. The summed E-state index contributed by atoms with van der Waals surface area (Å²) in [5, 5.41) is 4.73. The minimum Gasteiger partial charge on any atom is -0.346 e. The van der Waals surface area contributed by atoms with Crippen molar-refractivity contribution in [2.45, 2.75) is 26.1 Å². The lowest BCUT2D eigenvalue weighted by Gasteiger charge is -2.33. The van der Waals surface area contributed by atoms with E-state index in [9.17, 15) is 31.9 Å². The normalized spacial score (nSPS) is 14.8. The lowest BCUT2D eigenvalue weighted by Crippen LogP contribution is -2.50. The van der Waals surface area contributed by atoms with Gasteiger partial charge in [0.05, 0.1) is 18.0 Å². The molecule has 0 unspecified atom stereocenters. The van der Waals surface area contributed by atoms with Crippen molar-refractivity contribution < 1.29 is 31.9 Å². The molecule has 0 atom stereocenters. The number of carbonyl (C=O) groups is 3. The summed E-state index contributed by atoms with van der Waals surface area (Å²) in [6.07, 6.45) is -4.89. The minimum absolute atomic E-state index is 0.0228. The van der Waals surface area contributed by atoms with Crippen LogP contribution in [-0.2, 0) is 15.8 Å². The Bertz CT molecular complexity index is 765. The molecular formula is C16H18F4N4O3S. The van der Waals surface area contributed by atoms with Crippen LogP contribution in [0.2, 0.25) is 0 Å². The standard InChI is InChI=1S/C16H18F4N4O3S/c1-9(2)21-13(25)14(26)23-5-6-24(28-8-23)15(27)22-10-3-4-12(17)11(7-10)16(18,19)20/h3-4,7,9H,5-6,8H2,1-2H3,(H,21,25)(H,22,27). The first kappa shape index (κ1) is 21.8. The molecule has 0 aromatic heterocycles. The molecule has 28 heavy (non-hydrogen) atoms. The largest absolute Gasteiger partial charge is 0.419 e. The quantitative estimate of drug-likeness (QED) is 0.436. The van der Waals surface area contributed by atoms with E-state index in [0.29, 0.717) is 12.1 Å². The van der Waals surface area contributed by atoms with Crippen molar-refractivity contribution in [2.75, 3.05) is 24.3 Å². The van der Waals surface area contributed by atoms with Gasteiger partial charge in [0, 0.05) is 18.3 Å². The lowest BCUT2D eigenvalue weighted by molar-refractivity contribution is -0.145. The summed E-state index contributed by atoms with van der Waals surface area (Å²) < 4.78 is 52.8. The fourth-order valence-corrected chi connectivity index (χ4v) is 3.17. The Morgan fingerprint density at radius 2 is 1.86 bits per heavy atom. The smallest absolute Gasteiger partial charge is 0.346 e. The molecule has 1 aliphatic heterocycles. The highest BCUT2D eigenvalue weighted by molar-refractivity contribution is 7.97. The zero-order valence-electron chi connectivity index (χ0n) is 15.0. The van der Waals surface area contributed by atoms with Crippen LogP contribution in [0.15, 0.2) is 18.2 Å². The summed E-state index contributed by atoms with van der Waals surface area (Å²) in [6, 6.07) is 1.23. The predicted molar refractivity (Wildman–Crippen MR) is 94.6 cm³/mol. The molecule has 0 bridgehead atoms. The summed E-state index contributed by atoms with van der Waals surface area (Å²) in [4.78, 5) is 37.2.